The first kappa shape index (κ1) is 9.85. The molecule has 0 amide bonds. The number of hydrogen-bond acceptors (Lipinski definition) is 1. The number of nitrogens with one attached hydrogen (secondary N) is 1. The molecule has 1 heteroatoms. The van der Waals surface area contributed by atoms with Gasteiger partial charge in [0.05, 0.1) is 0 Å². The Bertz CT molecular complexity index is 239. The Morgan fingerprint density at radius 1 is 1.23 bits per heavy atom. The molecule has 0 fully saturated rings. The Morgan fingerprint density at radius 2 is 2.00 bits per heavy atom. The summed E-state index contributed by atoms with van der Waals surface area (Å²) in [5.41, 5.74) is 1.39. The molecule has 0 atom stereocenters. The molecule has 0 spiro atoms. The molecule has 0 aliphatic heterocycles. The molecule has 0 radical (unpaired) electrons. The lowest BCUT2D eigenvalue weighted by Gasteiger charge is -2.00. The molecule has 0 saturated heterocycles. The van der Waals surface area contributed by atoms with Gasteiger partial charge in [-0.25, -0.2) is 0 Å². The summed E-state index contributed by atoms with van der Waals surface area (Å²) in [6, 6.07) is 10.5. The van der Waals surface area contributed by atoms with E-state index in [2.05, 4.69) is 42.6 Å². The van der Waals surface area contributed by atoms with E-state index >= 15 is 0 Å². The van der Waals surface area contributed by atoms with Crippen molar-refractivity contribution in [1.29, 1.82) is 0 Å². The normalized spacial score (nSPS) is 10.5. The van der Waals surface area contributed by atoms with Gasteiger partial charge >= 0.3 is 0 Å². The SMILES string of the molecule is CCC=CNCCc1ccccc1. The number of rotatable bonds is 5. The average Bonchev–Trinajstić information content (AvgIpc) is 2.19. The summed E-state index contributed by atoms with van der Waals surface area (Å²) >= 11 is 0. The molecular formula is C12H17N. The smallest absolute Gasteiger partial charge is 0.0181 e. The van der Waals surface area contributed by atoms with Crippen molar-refractivity contribution in [3.05, 3.63) is 48.2 Å². The molecule has 0 aliphatic rings. The van der Waals surface area contributed by atoms with E-state index in [0.29, 0.717) is 0 Å². The average molecular weight is 175 g/mol. The van der Waals surface area contributed by atoms with Crippen LogP contribution in [-0.2, 0) is 6.42 Å². The highest BCUT2D eigenvalue weighted by Crippen LogP contribution is 1.97. The molecular weight excluding hydrogens is 158 g/mol. The van der Waals surface area contributed by atoms with Gasteiger partial charge < -0.3 is 5.32 Å². The monoisotopic (exact) mass is 175 g/mol. The van der Waals surface area contributed by atoms with Gasteiger partial charge in [0.2, 0.25) is 0 Å². The van der Waals surface area contributed by atoms with Gasteiger partial charge in [-0.15, -0.1) is 0 Å². The van der Waals surface area contributed by atoms with Crippen LogP contribution in [-0.4, -0.2) is 6.54 Å². The summed E-state index contributed by atoms with van der Waals surface area (Å²) in [6.45, 7) is 3.15. The molecule has 70 valence electrons. The van der Waals surface area contributed by atoms with Crippen LogP contribution in [0.2, 0.25) is 0 Å². The number of hydrogen-bond donors (Lipinski definition) is 1. The molecule has 1 N–H and O–H groups in total. The summed E-state index contributed by atoms with van der Waals surface area (Å²) < 4.78 is 0. The minimum absolute atomic E-state index is 1.01. The number of benzene rings is 1. The maximum absolute atomic E-state index is 3.25. The minimum atomic E-state index is 1.01. The molecule has 0 unspecified atom stereocenters. The zero-order valence-corrected chi connectivity index (χ0v) is 8.16. The molecule has 1 aromatic rings. The second kappa shape index (κ2) is 6.30. The first-order valence-corrected chi connectivity index (χ1v) is 4.86. The van der Waals surface area contributed by atoms with Crippen molar-refractivity contribution in [2.45, 2.75) is 19.8 Å². The fraction of sp³-hybridized carbons (Fsp3) is 0.333. The van der Waals surface area contributed by atoms with Crippen molar-refractivity contribution in [1.82, 2.24) is 5.32 Å². The van der Waals surface area contributed by atoms with Crippen molar-refractivity contribution in [3.63, 3.8) is 0 Å². The van der Waals surface area contributed by atoms with E-state index in [-0.39, 0.29) is 0 Å². The highest BCUT2D eigenvalue weighted by molar-refractivity contribution is 5.14. The van der Waals surface area contributed by atoms with Crippen molar-refractivity contribution < 1.29 is 0 Å². The first-order valence-electron chi connectivity index (χ1n) is 4.86. The molecule has 1 nitrogen and oxygen atoms in total. The lowest BCUT2D eigenvalue weighted by atomic mass is 10.1. The minimum Gasteiger partial charge on any atom is -0.391 e. The van der Waals surface area contributed by atoms with Crippen LogP contribution in [0.15, 0.2) is 42.6 Å². The Morgan fingerprint density at radius 3 is 2.69 bits per heavy atom. The van der Waals surface area contributed by atoms with E-state index in [0.717, 1.165) is 19.4 Å². The molecule has 0 aromatic heterocycles. The maximum Gasteiger partial charge on any atom is 0.0181 e. The Kier molecular flexibility index (Phi) is 4.77. The molecule has 0 saturated carbocycles. The largest absolute Gasteiger partial charge is 0.391 e. The van der Waals surface area contributed by atoms with E-state index in [9.17, 15) is 0 Å². The third-order valence-corrected chi connectivity index (χ3v) is 1.87. The van der Waals surface area contributed by atoms with E-state index < -0.39 is 0 Å². The van der Waals surface area contributed by atoms with Crippen molar-refractivity contribution in [2.75, 3.05) is 6.54 Å². The molecule has 0 aliphatic carbocycles. The van der Waals surface area contributed by atoms with Crippen LogP contribution in [0.4, 0.5) is 0 Å². The lowest BCUT2D eigenvalue weighted by Crippen LogP contribution is -2.09. The van der Waals surface area contributed by atoms with Crippen LogP contribution >= 0.6 is 0 Å². The molecule has 1 rings (SSSR count). The predicted molar refractivity (Wildman–Crippen MR) is 57.6 cm³/mol. The van der Waals surface area contributed by atoms with Gasteiger partial charge in [0, 0.05) is 6.54 Å². The van der Waals surface area contributed by atoms with Crippen LogP contribution < -0.4 is 5.32 Å². The standard InChI is InChI=1S/C12H17N/c1-2-3-10-13-11-9-12-7-5-4-6-8-12/h3-8,10,13H,2,9,11H2,1H3. The first-order chi connectivity index (χ1) is 6.43. The second-order valence-electron chi connectivity index (χ2n) is 3.00. The van der Waals surface area contributed by atoms with Crippen molar-refractivity contribution >= 4 is 0 Å². The Labute approximate surface area is 80.5 Å². The fourth-order valence-corrected chi connectivity index (χ4v) is 1.15. The Hall–Kier alpha value is -1.24. The van der Waals surface area contributed by atoms with Crippen LogP contribution in [0.5, 0.6) is 0 Å². The van der Waals surface area contributed by atoms with Crippen LogP contribution in [0.25, 0.3) is 0 Å². The highest BCUT2D eigenvalue weighted by atomic mass is 14.8. The summed E-state index contributed by atoms with van der Waals surface area (Å²) in [6.07, 6.45) is 6.35. The molecule has 0 bridgehead atoms. The molecule has 1 aromatic carbocycles. The van der Waals surface area contributed by atoms with Crippen LogP contribution in [0, 0.1) is 0 Å². The van der Waals surface area contributed by atoms with Crippen LogP contribution in [0.3, 0.4) is 0 Å². The second-order valence-corrected chi connectivity index (χ2v) is 3.00. The molecule has 13 heavy (non-hydrogen) atoms. The zero-order chi connectivity index (χ0) is 9.36. The van der Waals surface area contributed by atoms with E-state index in [4.69, 9.17) is 0 Å². The van der Waals surface area contributed by atoms with Gasteiger partial charge in [-0.05, 0) is 24.6 Å². The summed E-state index contributed by atoms with van der Waals surface area (Å²) in [7, 11) is 0. The van der Waals surface area contributed by atoms with E-state index in [1.807, 2.05) is 12.3 Å². The third kappa shape index (κ3) is 4.36. The van der Waals surface area contributed by atoms with Gasteiger partial charge in [-0.3, -0.25) is 0 Å². The van der Waals surface area contributed by atoms with E-state index in [1.165, 1.54) is 5.56 Å². The zero-order valence-electron chi connectivity index (χ0n) is 8.16. The van der Waals surface area contributed by atoms with Gasteiger partial charge in [0.15, 0.2) is 0 Å². The quantitative estimate of drug-likeness (QED) is 0.678. The summed E-state index contributed by atoms with van der Waals surface area (Å²) in [5, 5.41) is 3.25. The molecule has 0 heterocycles. The van der Waals surface area contributed by atoms with Gasteiger partial charge in [-0.2, -0.15) is 0 Å². The van der Waals surface area contributed by atoms with Gasteiger partial charge in [0.25, 0.3) is 0 Å². The predicted octanol–water partition coefficient (Wildman–Crippen LogP) is 2.74. The van der Waals surface area contributed by atoms with Gasteiger partial charge in [-0.1, -0.05) is 43.3 Å². The van der Waals surface area contributed by atoms with E-state index in [1.54, 1.807) is 0 Å². The topological polar surface area (TPSA) is 12.0 Å². The lowest BCUT2D eigenvalue weighted by molar-refractivity contribution is 0.828. The number of allylic oxidation sites excluding steroid dienone is 1. The van der Waals surface area contributed by atoms with Crippen molar-refractivity contribution in [2.24, 2.45) is 0 Å². The van der Waals surface area contributed by atoms with Crippen LogP contribution in [0.1, 0.15) is 18.9 Å². The summed E-state index contributed by atoms with van der Waals surface area (Å²) in [5.74, 6) is 0. The van der Waals surface area contributed by atoms with Crippen molar-refractivity contribution in [3.8, 4) is 0 Å². The Balaban J connectivity index is 2.17. The van der Waals surface area contributed by atoms with Gasteiger partial charge in [0.1, 0.15) is 0 Å². The third-order valence-electron chi connectivity index (χ3n) is 1.87. The maximum atomic E-state index is 3.25. The summed E-state index contributed by atoms with van der Waals surface area (Å²) in [4.78, 5) is 0. The highest BCUT2D eigenvalue weighted by Gasteiger charge is 1.87. The fourth-order valence-electron chi connectivity index (χ4n) is 1.15.